The van der Waals surface area contributed by atoms with E-state index in [0.717, 1.165) is 38.5 Å². The molecule has 1 heterocycles. The SMILES string of the molecule is NC(=O)C1(NCC2CC2)CCN(Cc2ccccc2)C1. The van der Waals surface area contributed by atoms with Crippen LogP contribution in [0.25, 0.3) is 0 Å². The number of hydrogen-bond donors (Lipinski definition) is 2. The number of rotatable bonds is 6. The highest BCUT2D eigenvalue weighted by Crippen LogP contribution is 2.30. The molecule has 1 aromatic rings. The number of carbonyl (C=O) groups is 1. The Bertz CT molecular complexity index is 472. The molecule has 3 rings (SSSR count). The van der Waals surface area contributed by atoms with Gasteiger partial charge in [-0.05, 0) is 37.3 Å². The second kappa shape index (κ2) is 5.54. The number of likely N-dealkylation sites (tertiary alicyclic amines) is 1. The van der Waals surface area contributed by atoms with E-state index in [9.17, 15) is 4.79 Å². The van der Waals surface area contributed by atoms with Crippen LogP contribution in [0.2, 0.25) is 0 Å². The fourth-order valence-corrected chi connectivity index (χ4v) is 2.96. The van der Waals surface area contributed by atoms with Crippen molar-refractivity contribution in [1.29, 1.82) is 0 Å². The Balaban J connectivity index is 1.61. The van der Waals surface area contributed by atoms with E-state index in [1.54, 1.807) is 0 Å². The molecule has 4 heteroatoms. The van der Waals surface area contributed by atoms with Gasteiger partial charge in [0.2, 0.25) is 5.91 Å². The van der Waals surface area contributed by atoms with Crippen molar-refractivity contribution in [3.63, 3.8) is 0 Å². The summed E-state index contributed by atoms with van der Waals surface area (Å²) in [6.45, 7) is 3.47. The lowest BCUT2D eigenvalue weighted by atomic mass is 9.97. The highest BCUT2D eigenvalue weighted by Gasteiger charge is 2.43. The topological polar surface area (TPSA) is 58.4 Å². The molecule has 1 unspecified atom stereocenters. The Hall–Kier alpha value is -1.39. The summed E-state index contributed by atoms with van der Waals surface area (Å²) >= 11 is 0. The van der Waals surface area contributed by atoms with Crippen molar-refractivity contribution < 1.29 is 4.79 Å². The number of carbonyl (C=O) groups excluding carboxylic acids is 1. The summed E-state index contributed by atoms with van der Waals surface area (Å²) < 4.78 is 0. The molecule has 1 aliphatic carbocycles. The Morgan fingerprint density at radius 3 is 2.75 bits per heavy atom. The monoisotopic (exact) mass is 273 g/mol. The predicted molar refractivity (Wildman–Crippen MR) is 79.0 cm³/mol. The van der Waals surface area contributed by atoms with E-state index in [0.29, 0.717) is 0 Å². The fourth-order valence-electron chi connectivity index (χ4n) is 2.96. The molecule has 3 N–H and O–H groups in total. The highest BCUT2D eigenvalue weighted by molar-refractivity contribution is 5.85. The fraction of sp³-hybridized carbons (Fsp3) is 0.562. The predicted octanol–water partition coefficient (Wildman–Crippen LogP) is 1.12. The van der Waals surface area contributed by atoms with Gasteiger partial charge < -0.3 is 11.1 Å². The van der Waals surface area contributed by atoms with Gasteiger partial charge in [0.25, 0.3) is 0 Å². The molecule has 0 radical (unpaired) electrons. The summed E-state index contributed by atoms with van der Waals surface area (Å²) in [5, 5.41) is 3.46. The van der Waals surface area contributed by atoms with Gasteiger partial charge in [0.1, 0.15) is 5.54 Å². The molecule has 0 spiro atoms. The van der Waals surface area contributed by atoms with E-state index in [-0.39, 0.29) is 5.91 Å². The number of hydrogen-bond acceptors (Lipinski definition) is 3. The van der Waals surface area contributed by atoms with Gasteiger partial charge in [0, 0.05) is 19.6 Å². The lowest BCUT2D eigenvalue weighted by molar-refractivity contribution is -0.124. The first-order valence-electron chi connectivity index (χ1n) is 7.49. The zero-order valence-electron chi connectivity index (χ0n) is 11.8. The zero-order chi connectivity index (χ0) is 14.0. The highest BCUT2D eigenvalue weighted by atomic mass is 16.1. The van der Waals surface area contributed by atoms with E-state index in [1.165, 1.54) is 18.4 Å². The van der Waals surface area contributed by atoms with Gasteiger partial charge in [0.15, 0.2) is 0 Å². The largest absolute Gasteiger partial charge is 0.368 e. The number of primary amides is 1. The van der Waals surface area contributed by atoms with Crippen LogP contribution in [-0.4, -0.2) is 36.0 Å². The number of amides is 1. The minimum Gasteiger partial charge on any atom is -0.368 e. The summed E-state index contributed by atoms with van der Waals surface area (Å²) in [5.41, 5.74) is 6.44. The third kappa shape index (κ3) is 3.02. The molecule has 108 valence electrons. The maximum Gasteiger partial charge on any atom is 0.239 e. The molecule has 0 aromatic heterocycles. The first kappa shape index (κ1) is 13.6. The molecular weight excluding hydrogens is 250 g/mol. The van der Waals surface area contributed by atoms with Crippen molar-refractivity contribution in [3.8, 4) is 0 Å². The van der Waals surface area contributed by atoms with Gasteiger partial charge in [-0.1, -0.05) is 30.3 Å². The average molecular weight is 273 g/mol. The Morgan fingerprint density at radius 2 is 2.10 bits per heavy atom. The second-order valence-electron chi connectivity index (χ2n) is 6.22. The maximum atomic E-state index is 11.9. The summed E-state index contributed by atoms with van der Waals surface area (Å²) in [5.74, 6) is 0.558. The van der Waals surface area contributed by atoms with Crippen LogP contribution in [0, 0.1) is 5.92 Å². The third-order valence-electron chi connectivity index (χ3n) is 4.50. The molecule has 1 aromatic carbocycles. The van der Waals surface area contributed by atoms with Crippen LogP contribution in [0.5, 0.6) is 0 Å². The van der Waals surface area contributed by atoms with Gasteiger partial charge in [-0.3, -0.25) is 9.69 Å². The van der Waals surface area contributed by atoms with Crippen molar-refractivity contribution in [2.75, 3.05) is 19.6 Å². The standard InChI is InChI=1S/C16H23N3O/c17-15(20)16(18-10-13-6-7-13)8-9-19(12-16)11-14-4-2-1-3-5-14/h1-5,13,18H,6-12H2,(H2,17,20). The Kier molecular flexibility index (Phi) is 3.76. The molecule has 1 amide bonds. The number of nitrogens with one attached hydrogen (secondary N) is 1. The Labute approximate surface area is 120 Å². The quantitative estimate of drug-likeness (QED) is 0.816. The molecule has 4 nitrogen and oxygen atoms in total. The van der Waals surface area contributed by atoms with Crippen LogP contribution < -0.4 is 11.1 Å². The second-order valence-corrected chi connectivity index (χ2v) is 6.22. The van der Waals surface area contributed by atoms with Crippen molar-refractivity contribution >= 4 is 5.91 Å². The lowest BCUT2D eigenvalue weighted by Crippen LogP contribution is -2.57. The molecule has 2 fully saturated rings. The van der Waals surface area contributed by atoms with E-state index < -0.39 is 5.54 Å². The molecule has 0 bridgehead atoms. The van der Waals surface area contributed by atoms with E-state index >= 15 is 0 Å². The van der Waals surface area contributed by atoms with Crippen molar-refractivity contribution in [1.82, 2.24) is 10.2 Å². The van der Waals surface area contributed by atoms with Crippen molar-refractivity contribution in [3.05, 3.63) is 35.9 Å². The van der Waals surface area contributed by atoms with Crippen LogP contribution in [0.3, 0.4) is 0 Å². The molecule has 1 aliphatic heterocycles. The minimum atomic E-state index is -0.516. The summed E-state index contributed by atoms with van der Waals surface area (Å²) in [7, 11) is 0. The summed E-state index contributed by atoms with van der Waals surface area (Å²) in [6, 6.07) is 10.4. The molecule has 1 saturated heterocycles. The van der Waals surface area contributed by atoms with Crippen LogP contribution in [0.1, 0.15) is 24.8 Å². The van der Waals surface area contributed by atoms with Gasteiger partial charge in [-0.15, -0.1) is 0 Å². The zero-order valence-corrected chi connectivity index (χ0v) is 11.8. The van der Waals surface area contributed by atoms with Gasteiger partial charge in [0.05, 0.1) is 0 Å². The maximum absolute atomic E-state index is 11.9. The van der Waals surface area contributed by atoms with Crippen LogP contribution in [0.15, 0.2) is 30.3 Å². The van der Waals surface area contributed by atoms with Crippen molar-refractivity contribution in [2.24, 2.45) is 11.7 Å². The minimum absolute atomic E-state index is 0.200. The summed E-state index contributed by atoms with van der Waals surface area (Å²) in [4.78, 5) is 14.2. The third-order valence-corrected chi connectivity index (χ3v) is 4.50. The molecule has 1 saturated carbocycles. The number of nitrogens with zero attached hydrogens (tertiary/aromatic N) is 1. The molecule has 20 heavy (non-hydrogen) atoms. The van der Waals surface area contributed by atoms with E-state index in [2.05, 4.69) is 34.5 Å². The van der Waals surface area contributed by atoms with Crippen LogP contribution >= 0.6 is 0 Å². The van der Waals surface area contributed by atoms with Gasteiger partial charge in [-0.25, -0.2) is 0 Å². The molecular formula is C16H23N3O. The average Bonchev–Trinajstić information content (AvgIpc) is 3.19. The first-order valence-corrected chi connectivity index (χ1v) is 7.49. The summed E-state index contributed by atoms with van der Waals surface area (Å²) in [6.07, 6.45) is 3.40. The van der Waals surface area contributed by atoms with Crippen LogP contribution in [-0.2, 0) is 11.3 Å². The lowest BCUT2D eigenvalue weighted by Gasteiger charge is -2.27. The van der Waals surface area contributed by atoms with E-state index in [4.69, 9.17) is 5.73 Å². The van der Waals surface area contributed by atoms with E-state index in [1.807, 2.05) is 6.07 Å². The number of nitrogens with two attached hydrogens (primary N) is 1. The smallest absolute Gasteiger partial charge is 0.239 e. The van der Waals surface area contributed by atoms with Crippen molar-refractivity contribution in [2.45, 2.75) is 31.3 Å². The van der Waals surface area contributed by atoms with Crippen LogP contribution in [0.4, 0.5) is 0 Å². The molecule has 1 atom stereocenters. The molecule has 2 aliphatic rings. The normalized spacial score (nSPS) is 26.8. The van der Waals surface area contributed by atoms with Gasteiger partial charge in [-0.2, -0.15) is 0 Å². The van der Waals surface area contributed by atoms with Gasteiger partial charge >= 0.3 is 0 Å². The number of benzene rings is 1. The Morgan fingerprint density at radius 1 is 1.35 bits per heavy atom. The first-order chi connectivity index (χ1) is 9.68.